The van der Waals surface area contributed by atoms with E-state index in [9.17, 15) is 18.0 Å². The van der Waals surface area contributed by atoms with Crippen molar-refractivity contribution in [3.8, 4) is 17.3 Å². The van der Waals surface area contributed by atoms with Crippen LogP contribution in [0.25, 0.3) is 17.3 Å². The Morgan fingerprint density at radius 1 is 1.06 bits per heavy atom. The van der Waals surface area contributed by atoms with Crippen molar-refractivity contribution in [3.63, 3.8) is 0 Å². The van der Waals surface area contributed by atoms with Crippen LogP contribution in [-0.2, 0) is 10.9 Å². The van der Waals surface area contributed by atoms with E-state index >= 15 is 0 Å². The Balaban J connectivity index is 1.48. The molecule has 0 fully saturated rings. The summed E-state index contributed by atoms with van der Waals surface area (Å²) in [5.74, 6) is -0.154. The van der Waals surface area contributed by atoms with Gasteiger partial charge in [0.25, 0.3) is 5.89 Å². The second-order valence-corrected chi connectivity index (χ2v) is 7.32. The largest absolute Gasteiger partial charge is 0.449 e. The van der Waals surface area contributed by atoms with Gasteiger partial charge in [-0.3, -0.25) is 0 Å². The molecule has 11 heteroatoms. The molecule has 4 rings (SSSR count). The molecule has 0 aliphatic heterocycles. The molecule has 3 heterocycles. The lowest BCUT2D eigenvalue weighted by Gasteiger charge is -2.10. The summed E-state index contributed by atoms with van der Waals surface area (Å²) < 4.78 is 50.5. The first-order chi connectivity index (χ1) is 15.6. The normalized spacial score (nSPS) is 12.5. The molecule has 170 valence electrons. The van der Waals surface area contributed by atoms with Gasteiger partial charge in [-0.25, -0.2) is 14.5 Å². The van der Waals surface area contributed by atoms with Crippen molar-refractivity contribution in [2.45, 2.75) is 33.1 Å². The summed E-state index contributed by atoms with van der Waals surface area (Å²) in [5.41, 5.74) is 1.42. The highest BCUT2D eigenvalue weighted by molar-refractivity contribution is 5.90. The molecule has 1 unspecified atom stereocenters. The number of hydrogen-bond donors (Lipinski definition) is 0. The molecule has 0 spiro atoms. The summed E-state index contributed by atoms with van der Waals surface area (Å²) in [5, 5.41) is 12.0. The minimum Gasteiger partial charge on any atom is -0.449 e. The van der Waals surface area contributed by atoms with Crippen molar-refractivity contribution in [1.82, 2.24) is 25.0 Å². The number of aryl methyl sites for hydroxylation is 1. The number of halogens is 3. The third-order valence-corrected chi connectivity index (χ3v) is 4.89. The monoisotopic (exact) mass is 457 g/mol. The van der Waals surface area contributed by atoms with Crippen molar-refractivity contribution in [3.05, 3.63) is 77.1 Å². The predicted molar refractivity (Wildman–Crippen MR) is 109 cm³/mol. The smallest absolute Gasteiger partial charge is 0.417 e. The van der Waals surface area contributed by atoms with Crippen LogP contribution in [0.1, 0.15) is 46.1 Å². The van der Waals surface area contributed by atoms with Gasteiger partial charge in [0.15, 0.2) is 11.9 Å². The van der Waals surface area contributed by atoms with Gasteiger partial charge in [-0.15, -0.1) is 10.2 Å². The Bertz CT molecular complexity index is 1280. The number of ether oxygens (including phenoxy) is 1. The van der Waals surface area contributed by atoms with Gasteiger partial charge in [-0.1, -0.05) is 17.7 Å². The second-order valence-electron chi connectivity index (χ2n) is 7.32. The van der Waals surface area contributed by atoms with Gasteiger partial charge in [0.2, 0.25) is 5.89 Å². The topological polar surface area (TPSA) is 95.9 Å². The SMILES string of the molecule is Cc1ccc(-c2nnc(C(C)OC(=O)c3cnn(-c4ccc(C(F)(F)F)cn4)c3C)o2)cc1. The summed E-state index contributed by atoms with van der Waals surface area (Å²) in [4.78, 5) is 16.4. The molecule has 1 aromatic carbocycles. The number of carbonyl (C=O) groups is 1. The fraction of sp³-hybridized carbons (Fsp3) is 0.227. The number of aromatic nitrogens is 5. The molecule has 0 aliphatic rings. The Kier molecular flexibility index (Phi) is 5.71. The van der Waals surface area contributed by atoms with Crippen LogP contribution < -0.4 is 0 Å². The van der Waals surface area contributed by atoms with Crippen LogP contribution in [0.3, 0.4) is 0 Å². The molecule has 4 aromatic rings. The highest BCUT2D eigenvalue weighted by atomic mass is 19.4. The van der Waals surface area contributed by atoms with Crippen LogP contribution in [0.2, 0.25) is 0 Å². The Morgan fingerprint density at radius 3 is 2.42 bits per heavy atom. The van der Waals surface area contributed by atoms with Gasteiger partial charge < -0.3 is 9.15 Å². The average Bonchev–Trinajstić information content (AvgIpc) is 3.41. The first-order valence-electron chi connectivity index (χ1n) is 9.83. The third kappa shape index (κ3) is 4.61. The second kappa shape index (κ2) is 8.49. The number of rotatable bonds is 5. The average molecular weight is 457 g/mol. The van der Waals surface area contributed by atoms with Crippen LogP contribution in [0.4, 0.5) is 13.2 Å². The molecular weight excluding hydrogens is 439 g/mol. The van der Waals surface area contributed by atoms with E-state index in [4.69, 9.17) is 9.15 Å². The van der Waals surface area contributed by atoms with Gasteiger partial charge in [-0.05, 0) is 45.0 Å². The molecule has 33 heavy (non-hydrogen) atoms. The highest BCUT2D eigenvalue weighted by Crippen LogP contribution is 2.29. The maximum absolute atomic E-state index is 12.7. The van der Waals surface area contributed by atoms with E-state index in [0.717, 1.165) is 17.2 Å². The summed E-state index contributed by atoms with van der Waals surface area (Å²) >= 11 is 0. The van der Waals surface area contributed by atoms with E-state index in [1.54, 1.807) is 13.8 Å². The molecule has 3 aromatic heterocycles. The number of pyridine rings is 1. The lowest BCUT2D eigenvalue weighted by atomic mass is 10.1. The van der Waals surface area contributed by atoms with Crippen molar-refractivity contribution in [2.75, 3.05) is 0 Å². The lowest BCUT2D eigenvalue weighted by molar-refractivity contribution is -0.137. The van der Waals surface area contributed by atoms with E-state index in [1.807, 2.05) is 31.2 Å². The number of nitrogens with zero attached hydrogens (tertiary/aromatic N) is 5. The van der Waals surface area contributed by atoms with Crippen LogP contribution in [-0.4, -0.2) is 30.9 Å². The van der Waals surface area contributed by atoms with E-state index in [1.165, 1.54) is 16.9 Å². The molecule has 0 radical (unpaired) electrons. The molecule has 8 nitrogen and oxygen atoms in total. The van der Waals surface area contributed by atoms with Crippen molar-refractivity contribution >= 4 is 5.97 Å². The molecule has 1 atom stereocenters. The fourth-order valence-corrected chi connectivity index (χ4v) is 3.01. The quantitative estimate of drug-likeness (QED) is 0.395. The molecule has 0 N–H and O–H groups in total. The molecule has 0 amide bonds. The zero-order valence-corrected chi connectivity index (χ0v) is 17.8. The number of alkyl halides is 3. The zero-order chi connectivity index (χ0) is 23.8. The number of hydrogen-bond acceptors (Lipinski definition) is 7. The Morgan fingerprint density at radius 2 is 1.79 bits per heavy atom. The Labute approximate surface area is 186 Å². The van der Waals surface area contributed by atoms with E-state index in [-0.39, 0.29) is 17.3 Å². The molecule has 0 saturated heterocycles. The molecule has 0 aliphatic carbocycles. The first-order valence-corrected chi connectivity index (χ1v) is 9.83. The van der Waals surface area contributed by atoms with Crippen LogP contribution in [0.15, 0.2) is 53.2 Å². The molecule has 0 saturated carbocycles. The van der Waals surface area contributed by atoms with Crippen molar-refractivity contribution in [2.24, 2.45) is 0 Å². The van der Waals surface area contributed by atoms with E-state index in [2.05, 4.69) is 20.3 Å². The van der Waals surface area contributed by atoms with Crippen molar-refractivity contribution < 1.29 is 27.1 Å². The van der Waals surface area contributed by atoms with Gasteiger partial charge in [-0.2, -0.15) is 18.3 Å². The fourth-order valence-electron chi connectivity index (χ4n) is 3.01. The predicted octanol–water partition coefficient (Wildman–Crippen LogP) is 4.87. The van der Waals surface area contributed by atoms with E-state index in [0.29, 0.717) is 17.8 Å². The maximum Gasteiger partial charge on any atom is 0.417 e. The van der Waals surface area contributed by atoms with Crippen LogP contribution >= 0.6 is 0 Å². The van der Waals surface area contributed by atoms with Gasteiger partial charge in [0.1, 0.15) is 5.56 Å². The van der Waals surface area contributed by atoms with Crippen LogP contribution in [0, 0.1) is 13.8 Å². The maximum atomic E-state index is 12.7. The lowest BCUT2D eigenvalue weighted by Crippen LogP contribution is -2.11. The van der Waals surface area contributed by atoms with Gasteiger partial charge >= 0.3 is 12.1 Å². The van der Waals surface area contributed by atoms with Gasteiger partial charge in [0, 0.05) is 11.8 Å². The third-order valence-electron chi connectivity index (χ3n) is 4.89. The van der Waals surface area contributed by atoms with Gasteiger partial charge in [0.05, 0.1) is 17.5 Å². The summed E-state index contributed by atoms with van der Waals surface area (Å²) in [6, 6.07) is 9.58. The summed E-state index contributed by atoms with van der Waals surface area (Å²) in [6.45, 7) is 5.12. The Hall–Kier alpha value is -4.02. The number of benzene rings is 1. The molecular formula is C22H18F3N5O3. The first kappa shape index (κ1) is 22.2. The summed E-state index contributed by atoms with van der Waals surface area (Å²) in [6.07, 6.45) is -3.37. The zero-order valence-electron chi connectivity index (χ0n) is 17.8. The van der Waals surface area contributed by atoms with Crippen LogP contribution in [0.5, 0.6) is 0 Å². The van der Waals surface area contributed by atoms with E-state index < -0.39 is 23.8 Å². The minimum atomic E-state index is -4.50. The number of esters is 1. The minimum absolute atomic E-state index is 0.119. The molecule has 0 bridgehead atoms. The van der Waals surface area contributed by atoms with Crippen molar-refractivity contribution in [1.29, 1.82) is 0 Å². The summed E-state index contributed by atoms with van der Waals surface area (Å²) in [7, 11) is 0. The highest BCUT2D eigenvalue weighted by Gasteiger charge is 2.31. The standard InChI is InChI=1S/C22H18F3N5O3/c1-12-4-6-15(7-5-12)20-29-28-19(33-20)14(3)32-21(31)17-11-27-30(13(17)2)18-9-8-16(10-26-18)22(23,24)25/h4-11,14H,1-3H3. The number of carbonyl (C=O) groups excluding carboxylic acids is 1.